The molecule has 0 saturated carbocycles. The Morgan fingerprint density at radius 1 is 1.03 bits per heavy atom. The first-order valence-electron chi connectivity index (χ1n) is 9.68. The number of benzene rings is 2. The Hall–Kier alpha value is -2.74. The summed E-state index contributed by atoms with van der Waals surface area (Å²) in [7, 11) is 1.64. The third-order valence-electron chi connectivity index (χ3n) is 5.29. The van der Waals surface area contributed by atoms with Crippen LogP contribution in [0.15, 0.2) is 46.9 Å². The zero-order chi connectivity index (χ0) is 20.3. The molecule has 0 amide bonds. The van der Waals surface area contributed by atoms with Gasteiger partial charge in [-0.05, 0) is 66.8 Å². The van der Waals surface area contributed by atoms with Crippen molar-refractivity contribution in [1.29, 1.82) is 0 Å². The number of nitrogens with two attached hydrogens (primary N) is 1. The Balaban J connectivity index is 1.52. The summed E-state index contributed by atoms with van der Waals surface area (Å²) >= 11 is 0. The van der Waals surface area contributed by atoms with E-state index in [-0.39, 0.29) is 6.61 Å². The number of hydrogen-bond acceptors (Lipinski definition) is 7. The Labute approximate surface area is 169 Å². The largest absolute Gasteiger partial charge is 0.491 e. The van der Waals surface area contributed by atoms with Gasteiger partial charge < -0.3 is 24.7 Å². The van der Waals surface area contributed by atoms with Gasteiger partial charge in [-0.3, -0.25) is 0 Å². The highest BCUT2D eigenvalue weighted by atomic mass is 16.5. The lowest BCUT2D eigenvalue weighted by Crippen LogP contribution is -2.48. The van der Waals surface area contributed by atoms with Crippen LogP contribution in [0.5, 0.6) is 5.75 Å². The molecule has 1 aliphatic rings. The number of hydrogen-bond donors (Lipinski definition) is 2. The lowest BCUT2D eigenvalue weighted by atomic mass is 9.78. The van der Waals surface area contributed by atoms with Crippen molar-refractivity contribution in [2.24, 2.45) is 5.73 Å². The number of nitrogens with zero attached hydrogens (tertiary/aromatic N) is 2. The van der Waals surface area contributed by atoms with E-state index in [1.54, 1.807) is 7.11 Å². The SMILES string of the molecule is COCCOc1ccc(-c2nnc(-c3ccc4c(c3)CC(N)(CO)CC4)o2)cc1. The molecule has 1 aromatic heterocycles. The summed E-state index contributed by atoms with van der Waals surface area (Å²) in [5.74, 6) is 1.67. The Morgan fingerprint density at radius 3 is 2.48 bits per heavy atom. The van der Waals surface area contributed by atoms with E-state index in [0.29, 0.717) is 31.4 Å². The van der Waals surface area contributed by atoms with Gasteiger partial charge in [0.25, 0.3) is 0 Å². The van der Waals surface area contributed by atoms with Crippen molar-refractivity contribution in [1.82, 2.24) is 10.2 Å². The van der Waals surface area contributed by atoms with Gasteiger partial charge in [0.2, 0.25) is 11.8 Å². The number of rotatable bonds is 7. The van der Waals surface area contributed by atoms with E-state index < -0.39 is 5.54 Å². The minimum absolute atomic E-state index is 0.0213. The van der Waals surface area contributed by atoms with Crippen molar-refractivity contribution in [3.63, 3.8) is 0 Å². The highest BCUT2D eigenvalue weighted by Gasteiger charge is 2.30. The maximum atomic E-state index is 9.59. The zero-order valence-corrected chi connectivity index (χ0v) is 16.4. The second-order valence-electron chi connectivity index (χ2n) is 7.46. The van der Waals surface area contributed by atoms with E-state index in [2.05, 4.69) is 16.3 Å². The summed E-state index contributed by atoms with van der Waals surface area (Å²) in [6.07, 6.45) is 2.28. The number of aromatic nitrogens is 2. The van der Waals surface area contributed by atoms with Crippen LogP contribution in [0.3, 0.4) is 0 Å². The Kier molecular flexibility index (Phi) is 5.62. The molecular formula is C22H25N3O4. The molecule has 0 aliphatic heterocycles. The average Bonchev–Trinajstić information content (AvgIpc) is 3.24. The van der Waals surface area contributed by atoms with Crippen LogP contribution in [0.25, 0.3) is 22.9 Å². The van der Waals surface area contributed by atoms with Gasteiger partial charge in [0, 0.05) is 23.8 Å². The van der Waals surface area contributed by atoms with E-state index in [1.165, 1.54) is 5.56 Å². The maximum Gasteiger partial charge on any atom is 0.248 e. The first kappa shape index (κ1) is 19.6. The van der Waals surface area contributed by atoms with Crippen molar-refractivity contribution in [3.8, 4) is 28.7 Å². The fourth-order valence-corrected chi connectivity index (χ4v) is 3.55. The molecule has 1 aliphatic carbocycles. The van der Waals surface area contributed by atoms with Crippen molar-refractivity contribution in [2.75, 3.05) is 26.9 Å². The molecule has 1 unspecified atom stereocenters. The van der Waals surface area contributed by atoms with E-state index >= 15 is 0 Å². The molecule has 29 heavy (non-hydrogen) atoms. The number of aliphatic hydroxyl groups is 1. The van der Waals surface area contributed by atoms with Crippen LogP contribution in [0, 0.1) is 0 Å². The van der Waals surface area contributed by atoms with Gasteiger partial charge in [0.15, 0.2) is 0 Å². The topological polar surface area (TPSA) is 104 Å². The molecule has 0 saturated heterocycles. The second kappa shape index (κ2) is 8.32. The summed E-state index contributed by atoms with van der Waals surface area (Å²) in [5, 5.41) is 18.0. The van der Waals surface area contributed by atoms with Crippen molar-refractivity contribution >= 4 is 0 Å². The monoisotopic (exact) mass is 395 g/mol. The number of methoxy groups -OCH3 is 1. The van der Waals surface area contributed by atoms with Gasteiger partial charge >= 0.3 is 0 Å². The van der Waals surface area contributed by atoms with Crippen LogP contribution in [-0.4, -0.2) is 47.8 Å². The summed E-state index contributed by atoms with van der Waals surface area (Å²) in [5.41, 5.74) is 9.77. The average molecular weight is 395 g/mol. The lowest BCUT2D eigenvalue weighted by molar-refractivity contribution is 0.146. The van der Waals surface area contributed by atoms with Crippen molar-refractivity contribution in [2.45, 2.75) is 24.8 Å². The minimum Gasteiger partial charge on any atom is -0.491 e. The highest BCUT2D eigenvalue weighted by molar-refractivity contribution is 5.60. The molecule has 3 aromatic rings. The van der Waals surface area contributed by atoms with Gasteiger partial charge in [-0.15, -0.1) is 10.2 Å². The summed E-state index contributed by atoms with van der Waals surface area (Å²) < 4.78 is 16.4. The molecule has 0 radical (unpaired) electrons. The zero-order valence-electron chi connectivity index (χ0n) is 16.4. The van der Waals surface area contributed by atoms with Gasteiger partial charge in [0.1, 0.15) is 12.4 Å². The second-order valence-corrected chi connectivity index (χ2v) is 7.46. The first-order valence-corrected chi connectivity index (χ1v) is 9.68. The van der Waals surface area contributed by atoms with E-state index in [4.69, 9.17) is 19.6 Å². The quantitative estimate of drug-likeness (QED) is 0.593. The summed E-state index contributed by atoms with van der Waals surface area (Å²) in [6, 6.07) is 13.6. The molecule has 152 valence electrons. The lowest BCUT2D eigenvalue weighted by Gasteiger charge is -2.33. The Bertz CT molecular complexity index is 970. The standard InChI is InChI=1S/C22H25N3O4/c1-27-10-11-28-19-6-4-16(5-7-19)20-24-25-21(29-20)17-3-2-15-8-9-22(23,14-26)13-18(15)12-17/h2-7,12,26H,8-11,13-14,23H2,1H3. The molecule has 0 bridgehead atoms. The van der Waals surface area contributed by atoms with Crippen LogP contribution < -0.4 is 10.5 Å². The fraction of sp³-hybridized carbons (Fsp3) is 0.364. The molecule has 1 atom stereocenters. The van der Waals surface area contributed by atoms with E-state index in [0.717, 1.165) is 35.3 Å². The van der Waals surface area contributed by atoms with Crippen LogP contribution in [0.1, 0.15) is 17.5 Å². The molecule has 7 nitrogen and oxygen atoms in total. The summed E-state index contributed by atoms with van der Waals surface area (Å²) in [4.78, 5) is 0. The fourth-order valence-electron chi connectivity index (χ4n) is 3.55. The maximum absolute atomic E-state index is 9.59. The smallest absolute Gasteiger partial charge is 0.248 e. The van der Waals surface area contributed by atoms with Gasteiger partial charge in [0.05, 0.1) is 13.2 Å². The Morgan fingerprint density at radius 2 is 1.76 bits per heavy atom. The van der Waals surface area contributed by atoms with Crippen LogP contribution >= 0.6 is 0 Å². The summed E-state index contributed by atoms with van der Waals surface area (Å²) in [6.45, 7) is 1.02. The molecule has 2 aromatic carbocycles. The van der Waals surface area contributed by atoms with E-state index in [1.807, 2.05) is 36.4 Å². The first-order chi connectivity index (χ1) is 14.1. The number of aryl methyl sites for hydroxylation is 1. The minimum atomic E-state index is -0.557. The molecular weight excluding hydrogens is 370 g/mol. The molecule has 4 rings (SSSR count). The van der Waals surface area contributed by atoms with Crippen LogP contribution in [0.2, 0.25) is 0 Å². The molecule has 0 spiro atoms. The van der Waals surface area contributed by atoms with Crippen LogP contribution in [0.4, 0.5) is 0 Å². The van der Waals surface area contributed by atoms with Gasteiger partial charge in [-0.1, -0.05) is 6.07 Å². The number of ether oxygens (including phenoxy) is 2. The molecule has 0 fully saturated rings. The number of fused-ring (bicyclic) bond motifs is 1. The van der Waals surface area contributed by atoms with E-state index in [9.17, 15) is 5.11 Å². The van der Waals surface area contributed by atoms with Crippen molar-refractivity contribution < 1.29 is 19.0 Å². The molecule has 1 heterocycles. The predicted octanol–water partition coefficient (Wildman–Crippen LogP) is 2.61. The van der Waals surface area contributed by atoms with Gasteiger partial charge in [-0.25, -0.2) is 0 Å². The van der Waals surface area contributed by atoms with Crippen LogP contribution in [-0.2, 0) is 17.6 Å². The predicted molar refractivity (Wildman–Crippen MR) is 109 cm³/mol. The van der Waals surface area contributed by atoms with Crippen molar-refractivity contribution in [3.05, 3.63) is 53.6 Å². The third kappa shape index (κ3) is 4.32. The molecule has 3 N–H and O–H groups in total. The molecule has 7 heteroatoms. The third-order valence-corrected chi connectivity index (χ3v) is 5.29. The number of aliphatic hydroxyl groups excluding tert-OH is 1. The highest BCUT2D eigenvalue weighted by Crippen LogP contribution is 2.31. The van der Waals surface area contributed by atoms with Gasteiger partial charge in [-0.2, -0.15) is 0 Å². The normalized spacial score (nSPS) is 18.4.